The van der Waals surface area contributed by atoms with Gasteiger partial charge in [0.25, 0.3) is 0 Å². The van der Waals surface area contributed by atoms with Gasteiger partial charge in [-0.3, -0.25) is 0 Å². The number of thiol groups is 1. The van der Waals surface area contributed by atoms with Crippen LogP contribution in [0.25, 0.3) is 0 Å². The molecule has 6 nitrogen and oxygen atoms in total. The van der Waals surface area contributed by atoms with Crippen LogP contribution in [0.2, 0.25) is 8.87 Å². The van der Waals surface area contributed by atoms with Gasteiger partial charge in [0.1, 0.15) is 0 Å². The molecule has 0 N–H and O–H groups in total. The van der Waals surface area contributed by atoms with Crippen molar-refractivity contribution in [3.63, 3.8) is 0 Å². The predicted octanol–water partition coefficient (Wildman–Crippen LogP) is 0.309. The summed E-state index contributed by atoms with van der Waals surface area (Å²) in [6.45, 7) is 0. The Morgan fingerprint density at radius 1 is 0.944 bits per heavy atom. The maximum atomic E-state index is 11.2. The van der Waals surface area contributed by atoms with E-state index in [1.165, 1.54) is 14.2 Å². The first kappa shape index (κ1) is 17.6. The average molecular weight is 385 g/mol. The first-order valence-corrected chi connectivity index (χ1v) is 12.1. The molecule has 18 heavy (non-hydrogen) atoms. The number of esters is 2. The van der Waals surface area contributed by atoms with Gasteiger partial charge in [0, 0.05) is 0 Å². The monoisotopic (exact) mass is 386 g/mol. The summed E-state index contributed by atoms with van der Waals surface area (Å²) in [6.07, 6.45) is 0.441. The van der Waals surface area contributed by atoms with E-state index in [1.807, 2.05) is 0 Å². The summed E-state index contributed by atoms with van der Waals surface area (Å²) in [6, 6.07) is 0. The second-order valence-corrected chi connectivity index (χ2v) is 11.3. The van der Waals surface area contributed by atoms with Gasteiger partial charge in [0.2, 0.25) is 0 Å². The molecular weight excluding hydrogens is 367 g/mol. The van der Waals surface area contributed by atoms with Crippen molar-refractivity contribution in [3.05, 3.63) is 0 Å². The normalized spacial score (nSPS) is 10.0. The summed E-state index contributed by atoms with van der Waals surface area (Å²) in [4.78, 5) is 33.2. The molecule has 0 aromatic heterocycles. The molecule has 0 radical (unpaired) electrons. The molecular formula is C10H18O6SSn. The molecule has 0 aliphatic heterocycles. The van der Waals surface area contributed by atoms with E-state index in [0.29, 0.717) is 8.87 Å². The third kappa shape index (κ3) is 8.62. The van der Waals surface area contributed by atoms with E-state index < -0.39 is 26.1 Å². The maximum absolute atomic E-state index is 11.2. The Kier molecular flexibility index (Phi) is 10.2. The topological polar surface area (TPSA) is 78.9 Å². The Labute approximate surface area is 119 Å². The van der Waals surface area contributed by atoms with Gasteiger partial charge in [-0.25, -0.2) is 0 Å². The number of hydrogen-bond donors (Lipinski definition) is 1. The second-order valence-electron chi connectivity index (χ2n) is 3.50. The van der Waals surface area contributed by atoms with Crippen LogP contribution in [0.5, 0.6) is 0 Å². The van der Waals surface area contributed by atoms with Crippen molar-refractivity contribution in [1.82, 2.24) is 0 Å². The van der Waals surface area contributed by atoms with Gasteiger partial charge >= 0.3 is 119 Å². The van der Waals surface area contributed by atoms with E-state index in [0.717, 1.165) is 0 Å². The summed E-state index contributed by atoms with van der Waals surface area (Å²) in [5.74, 6) is -1.06. The second kappa shape index (κ2) is 10.5. The fourth-order valence-electron chi connectivity index (χ4n) is 1.25. The SMILES string of the molecule is COC(=O)C[CH2][SnH]([CH2]CC(=O)OC)[O]C(=O)CS. The molecule has 0 fully saturated rings. The first-order chi connectivity index (χ1) is 8.53. The molecule has 104 valence electrons. The minimum atomic E-state index is -2.69. The molecule has 0 heterocycles. The van der Waals surface area contributed by atoms with Crippen molar-refractivity contribution in [2.24, 2.45) is 0 Å². The van der Waals surface area contributed by atoms with Crippen molar-refractivity contribution in [1.29, 1.82) is 0 Å². The van der Waals surface area contributed by atoms with E-state index in [2.05, 4.69) is 22.1 Å². The van der Waals surface area contributed by atoms with Gasteiger partial charge in [-0.1, -0.05) is 0 Å². The summed E-state index contributed by atoms with van der Waals surface area (Å²) in [5, 5.41) is 0. The molecule has 0 aromatic carbocycles. The van der Waals surface area contributed by atoms with Crippen LogP contribution in [0.1, 0.15) is 12.8 Å². The van der Waals surface area contributed by atoms with Gasteiger partial charge in [-0.05, 0) is 0 Å². The van der Waals surface area contributed by atoms with Crippen LogP contribution in [-0.2, 0) is 26.9 Å². The van der Waals surface area contributed by atoms with E-state index in [-0.39, 0.29) is 30.5 Å². The van der Waals surface area contributed by atoms with Crippen LogP contribution in [0.3, 0.4) is 0 Å². The fourth-order valence-corrected chi connectivity index (χ4v) is 7.70. The molecule has 0 unspecified atom stereocenters. The molecule has 8 heteroatoms. The van der Waals surface area contributed by atoms with Crippen LogP contribution >= 0.6 is 12.6 Å². The summed E-state index contributed by atoms with van der Waals surface area (Å²) < 4.78 is 15.4. The summed E-state index contributed by atoms with van der Waals surface area (Å²) in [5.41, 5.74) is 0. The number of rotatable bonds is 8. The molecule has 0 aromatic rings. The van der Waals surface area contributed by atoms with Gasteiger partial charge in [-0.2, -0.15) is 0 Å². The predicted molar refractivity (Wildman–Crippen MR) is 70.0 cm³/mol. The molecule has 0 rings (SSSR count). The van der Waals surface area contributed by atoms with Crippen molar-refractivity contribution in [3.8, 4) is 0 Å². The van der Waals surface area contributed by atoms with E-state index in [9.17, 15) is 14.4 Å². The van der Waals surface area contributed by atoms with Crippen molar-refractivity contribution < 1.29 is 26.9 Å². The third-order valence-electron chi connectivity index (χ3n) is 2.22. The van der Waals surface area contributed by atoms with Gasteiger partial charge in [0.05, 0.1) is 0 Å². The van der Waals surface area contributed by atoms with E-state index in [1.54, 1.807) is 0 Å². The van der Waals surface area contributed by atoms with Gasteiger partial charge < -0.3 is 0 Å². The molecule has 0 amide bonds. The Morgan fingerprint density at radius 2 is 1.39 bits per heavy atom. The third-order valence-corrected chi connectivity index (χ3v) is 9.51. The fraction of sp³-hybridized carbons (Fsp3) is 0.700. The number of carbonyl (C=O) groups excluding carboxylic acids is 3. The number of methoxy groups -OCH3 is 2. The number of ether oxygens (including phenoxy) is 2. The Morgan fingerprint density at radius 3 is 1.72 bits per heavy atom. The zero-order valence-corrected chi connectivity index (χ0v) is 14.7. The zero-order chi connectivity index (χ0) is 14.0. The van der Waals surface area contributed by atoms with Crippen LogP contribution in [0.15, 0.2) is 0 Å². The molecule has 0 saturated heterocycles. The van der Waals surface area contributed by atoms with E-state index in [4.69, 9.17) is 3.07 Å². The minimum absolute atomic E-state index is 0.00384. The van der Waals surface area contributed by atoms with E-state index >= 15 is 0 Å². The van der Waals surface area contributed by atoms with Crippen LogP contribution in [0.4, 0.5) is 0 Å². The van der Waals surface area contributed by atoms with Gasteiger partial charge in [0.15, 0.2) is 0 Å². The Hall–Kier alpha value is -0.441. The quantitative estimate of drug-likeness (QED) is 0.281. The average Bonchev–Trinajstić information content (AvgIpc) is 2.40. The first-order valence-electron chi connectivity index (χ1n) is 5.47. The molecule has 0 aliphatic carbocycles. The molecule has 0 spiro atoms. The molecule has 0 bridgehead atoms. The molecule has 0 saturated carbocycles. The van der Waals surface area contributed by atoms with Crippen molar-refractivity contribution in [2.75, 3.05) is 20.0 Å². The molecule has 0 atom stereocenters. The standard InChI is InChI=1S/2C4H7O2.C2H4O2S.Sn.H/c2*1-3-4(5)6-2;3-2(4)1-5;;/h2*1,3H2,2H3;5H,1H2,(H,3,4);;/q;;;+1;/p-1. The molecule has 0 aliphatic rings. The Bertz CT molecular complexity index is 276. The van der Waals surface area contributed by atoms with Crippen LogP contribution in [0, 0.1) is 0 Å². The van der Waals surface area contributed by atoms with Crippen molar-refractivity contribution >= 4 is 50.7 Å². The van der Waals surface area contributed by atoms with Gasteiger partial charge in [-0.15, -0.1) is 0 Å². The van der Waals surface area contributed by atoms with Crippen LogP contribution < -0.4 is 0 Å². The Balaban J connectivity index is 4.19. The number of carbonyl (C=O) groups is 3. The summed E-state index contributed by atoms with van der Waals surface area (Å²) in [7, 11) is 2.61. The zero-order valence-electron chi connectivity index (χ0n) is 10.5. The van der Waals surface area contributed by atoms with Crippen LogP contribution in [-0.4, -0.2) is 58.1 Å². The number of hydrogen-bond acceptors (Lipinski definition) is 7. The summed E-state index contributed by atoms with van der Waals surface area (Å²) >= 11 is 1.13. The van der Waals surface area contributed by atoms with Crippen molar-refractivity contribution in [2.45, 2.75) is 21.7 Å².